The Morgan fingerprint density at radius 1 is 1.30 bits per heavy atom. The predicted molar refractivity (Wildman–Crippen MR) is 80.6 cm³/mol. The first-order chi connectivity index (χ1) is 9.53. The van der Waals surface area contributed by atoms with Gasteiger partial charge in [0, 0.05) is 0 Å². The van der Waals surface area contributed by atoms with Crippen molar-refractivity contribution in [1.82, 2.24) is 0 Å². The standard InChI is InChI=1S/C18H24O2/c1-18(2)11-13(9-15(19)12-18)10-17-16-6-4-3-5-14(16)7-8-20-17/h3-6,9,15,17,19H,7-8,10-12H2,1-2H3. The van der Waals surface area contributed by atoms with Crippen LogP contribution in [0.4, 0.5) is 0 Å². The van der Waals surface area contributed by atoms with Crippen molar-refractivity contribution in [1.29, 1.82) is 0 Å². The first-order valence-corrected chi connectivity index (χ1v) is 7.60. The molecular formula is C18H24O2. The summed E-state index contributed by atoms with van der Waals surface area (Å²) in [6, 6.07) is 8.59. The molecule has 0 bridgehead atoms. The smallest absolute Gasteiger partial charge is 0.0864 e. The van der Waals surface area contributed by atoms with Gasteiger partial charge in [-0.15, -0.1) is 0 Å². The zero-order valence-electron chi connectivity index (χ0n) is 12.4. The average Bonchev–Trinajstić information content (AvgIpc) is 2.37. The SMILES string of the molecule is CC1(C)CC(CC2OCCc3ccccc32)=CC(O)C1. The maximum absolute atomic E-state index is 10.0. The first-order valence-electron chi connectivity index (χ1n) is 7.60. The fourth-order valence-electron chi connectivity index (χ4n) is 3.67. The molecule has 3 rings (SSSR count). The molecule has 0 saturated heterocycles. The van der Waals surface area contributed by atoms with Crippen LogP contribution in [0.25, 0.3) is 0 Å². The summed E-state index contributed by atoms with van der Waals surface area (Å²) in [6.45, 7) is 5.28. The highest BCUT2D eigenvalue weighted by molar-refractivity contribution is 5.32. The van der Waals surface area contributed by atoms with Crippen LogP contribution in [-0.4, -0.2) is 17.8 Å². The van der Waals surface area contributed by atoms with Crippen LogP contribution in [0.5, 0.6) is 0 Å². The summed E-state index contributed by atoms with van der Waals surface area (Å²) in [5, 5.41) is 10.0. The highest BCUT2D eigenvalue weighted by atomic mass is 16.5. The topological polar surface area (TPSA) is 29.5 Å². The number of aliphatic hydroxyl groups is 1. The summed E-state index contributed by atoms with van der Waals surface area (Å²) >= 11 is 0. The van der Waals surface area contributed by atoms with Crippen molar-refractivity contribution in [2.75, 3.05) is 6.61 Å². The molecule has 1 aliphatic carbocycles. The number of rotatable bonds is 2. The molecule has 0 saturated carbocycles. The molecule has 0 radical (unpaired) electrons. The van der Waals surface area contributed by atoms with E-state index >= 15 is 0 Å². The molecule has 20 heavy (non-hydrogen) atoms. The van der Waals surface area contributed by atoms with Crippen LogP contribution in [0.2, 0.25) is 0 Å². The molecule has 0 spiro atoms. The second-order valence-corrected chi connectivity index (χ2v) is 6.95. The minimum Gasteiger partial charge on any atom is -0.389 e. The van der Waals surface area contributed by atoms with Gasteiger partial charge in [0.25, 0.3) is 0 Å². The molecule has 0 fully saturated rings. The van der Waals surface area contributed by atoms with Gasteiger partial charge in [-0.2, -0.15) is 0 Å². The first kappa shape index (κ1) is 13.8. The fraction of sp³-hybridized carbons (Fsp3) is 0.556. The number of ether oxygens (including phenoxy) is 1. The van der Waals surface area contributed by atoms with Gasteiger partial charge in [0.05, 0.1) is 18.8 Å². The Morgan fingerprint density at radius 3 is 2.90 bits per heavy atom. The summed E-state index contributed by atoms with van der Waals surface area (Å²) in [4.78, 5) is 0. The monoisotopic (exact) mass is 272 g/mol. The van der Waals surface area contributed by atoms with E-state index in [0.29, 0.717) is 0 Å². The highest BCUT2D eigenvalue weighted by Gasteiger charge is 2.30. The van der Waals surface area contributed by atoms with E-state index in [1.165, 1.54) is 16.7 Å². The van der Waals surface area contributed by atoms with Crippen molar-refractivity contribution in [3.05, 3.63) is 47.0 Å². The Labute approximate surface area is 121 Å². The lowest BCUT2D eigenvalue weighted by atomic mass is 9.74. The normalized spacial score (nSPS) is 28.6. The summed E-state index contributed by atoms with van der Waals surface area (Å²) < 4.78 is 5.99. The van der Waals surface area contributed by atoms with E-state index < -0.39 is 0 Å². The molecule has 108 valence electrons. The van der Waals surface area contributed by atoms with Gasteiger partial charge < -0.3 is 9.84 Å². The Bertz CT molecular complexity index is 516. The van der Waals surface area contributed by atoms with E-state index in [0.717, 1.165) is 32.3 Å². The Kier molecular flexibility index (Phi) is 3.70. The number of hydrogen-bond donors (Lipinski definition) is 1. The van der Waals surface area contributed by atoms with Gasteiger partial charge in [0.15, 0.2) is 0 Å². The van der Waals surface area contributed by atoms with Crippen LogP contribution < -0.4 is 0 Å². The molecule has 1 aromatic carbocycles. The minimum atomic E-state index is -0.299. The number of fused-ring (bicyclic) bond motifs is 1. The van der Waals surface area contributed by atoms with Gasteiger partial charge in [-0.1, -0.05) is 49.8 Å². The highest BCUT2D eigenvalue weighted by Crippen LogP contribution is 2.40. The lowest BCUT2D eigenvalue weighted by molar-refractivity contribution is 0.0393. The third-order valence-electron chi connectivity index (χ3n) is 4.44. The van der Waals surface area contributed by atoms with Crippen molar-refractivity contribution in [2.24, 2.45) is 5.41 Å². The molecule has 1 aromatic rings. The largest absolute Gasteiger partial charge is 0.389 e. The molecule has 2 heteroatoms. The second kappa shape index (κ2) is 5.34. The van der Waals surface area contributed by atoms with Gasteiger partial charge >= 0.3 is 0 Å². The molecular weight excluding hydrogens is 248 g/mol. The minimum absolute atomic E-state index is 0.160. The molecule has 0 amide bonds. The quantitative estimate of drug-likeness (QED) is 0.830. The molecule has 1 N–H and O–H groups in total. The van der Waals surface area contributed by atoms with Gasteiger partial charge in [-0.25, -0.2) is 0 Å². The summed E-state index contributed by atoms with van der Waals surface area (Å²) in [7, 11) is 0. The van der Waals surface area contributed by atoms with Gasteiger partial charge in [-0.3, -0.25) is 0 Å². The van der Waals surface area contributed by atoms with E-state index in [-0.39, 0.29) is 17.6 Å². The van der Waals surface area contributed by atoms with Crippen molar-refractivity contribution in [2.45, 2.75) is 51.7 Å². The summed E-state index contributed by atoms with van der Waals surface area (Å²) in [6.07, 6.45) is 5.76. The Morgan fingerprint density at radius 2 is 2.10 bits per heavy atom. The van der Waals surface area contributed by atoms with Gasteiger partial charge in [0.2, 0.25) is 0 Å². The fourth-order valence-corrected chi connectivity index (χ4v) is 3.67. The maximum atomic E-state index is 10.0. The predicted octanol–water partition coefficient (Wildman–Crippen LogP) is 3.80. The third kappa shape index (κ3) is 2.97. The molecule has 1 heterocycles. The van der Waals surface area contributed by atoms with Gasteiger partial charge in [0.1, 0.15) is 0 Å². The second-order valence-electron chi connectivity index (χ2n) is 6.95. The van der Waals surface area contributed by atoms with Crippen molar-refractivity contribution >= 4 is 0 Å². The lowest BCUT2D eigenvalue weighted by Crippen LogP contribution is -2.26. The molecule has 2 unspecified atom stereocenters. The van der Waals surface area contributed by atoms with Gasteiger partial charge in [-0.05, 0) is 42.2 Å². The van der Waals surface area contributed by atoms with Crippen LogP contribution in [-0.2, 0) is 11.2 Å². The zero-order chi connectivity index (χ0) is 14.2. The Hall–Kier alpha value is -1.12. The van der Waals surface area contributed by atoms with E-state index in [1.807, 2.05) is 6.08 Å². The van der Waals surface area contributed by atoms with E-state index in [9.17, 15) is 5.11 Å². The number of hydrogen-bond acceptors (Lipinski definition) is 2. The van der Waals surface area contributed by atoms with Crippen molar-refractivity contribution in [3.63, 3.8) is 0 Å². The average molecular weight is 272 g/mol. The molecule has 2 atom stereocenters. The van der Waals surface area contributed by atoms with E-state index in [1.54, 1.807) is 0 Å². The van der Waals surface area contributed by atoms with Crippen LogP contribution in [0, 0.1) is 5.41 Å². The number of benzene rings is 1. The van der Waals surface area contributed by atoms with Crippen LogP contribution in [0.15, 0.2) is 35.9 Å². The van der Waals surface area contributed by atoms with E-state index in [2.05, 4.69) is 38.1 Å². The molecule has 0 aromatic heterocycles. The van der Waals surface area contributed by atoms with Crippen molar-refractivity contribution in [3.8, 4) is 0 Å². The van der Waals surface area contributed by atoms with Crippen LogP contribution in [0.3, 0.4) is 0 Å². The lowest BCUT2D eigenvalue weighted by Gasteiger charge is -2.35. The molecule has 2 nitrogen and oxygen atoms in total. The van der Waals surface area contributed by atoms with E-state index in [4.69, 9.17) is 4.74 Å². The summed E-state index contributed by atoms with van der Waals surface area (Å²) in [5.74, 6) is 0. The molecule has 2 aliphatic rings. The Balaban J connectivity index is 1.79. The maximum Gasteiger partial charge on any atom is 0.0864 e. The van der Waals surface area contributed by atoms with Crippen molar-refractivity contribution < 1.29 is 9.84 Å². The number of aliphatic hydroxyl groups excluding tert-OH is 1. The zero-order valence-corrected chi connectivity index (χ0v) is 12.4. The molecule has 1 aliphatic heterocycles. The third-order valence-corrected chi connectivity index (χ3v) is 4.44. The van der Waals surface area contributed by atoms with Crippen LogP contribution >= 0.6 is 0 Å². The summed E-state index contributed by atoms with van der Waals surface area (Å²) in [5.41, 5.74) is 4.28. The van der Waals surface area contributed by atoms with Crippen LogP contribution in [0.1, 0.15) is 50.3 Å².